The third-order valence-corrected chi connectivity index (χ3v) is 5.26. The van der Waals surface area contributed by atoms with Crippen molar-refractivity contribution in [1.82, 2.24) is 9.80 Å². The van der Waals surface area contributed by atoms with E-state index in [9.17, 15) is 9.59 Å². The molecule has 1 aliphatic carbocycles. The predicted octanol–water partition coefficient (Wildman–Crippen LogP) is 2.14. The van der Waals surface area contributed by atoms with Crippen molar-refractivity contribution in [1.29, 1.82) is 0 Å². The highest BCUT2D eigenvalue weighted by atomic mass is 35.5. The summed E-state index contributed by atoms with van der Waals surface area (Å²) >= 11 is 5.88. The first kappa shape index (κ1) is 17.2. The van der Waals surface area contributed by atoms with E-state index in [1.54, 1.807) is 24.3 Å². The zero-order valence-electron chi connectivity index (χ0n) is 13.8. The van der Waals surface area contributed by atoms with E-state index in [0.29, 0.717) is 30.2 Å². The number of hydrogen-bond acceptors (Lipinski definition) is 3. The smallest absolute Gasteiger partial charge is 0.253 e. The highest BCUT2D eigenvalue weighted by molar-refractivity contribution is 6.30. The maximum absolute atomic E-state index is 12.6. The van der Waals surface area contributed by atoms with Crippen LogP contribution in [0.25, 0.3) is 0 Å². The van der Waals surface area contributed by atoms with Gasteiger partial charge in [-0.1, -0.05) is 11.6 Å². The molecule has 2 unspecified atom stereocenters. The minimum atomic E-state index is 0.00357. The topological polar surface area (TPSA) is 66.6 Å². The molecule has 2 atom stereocenters. The minimum Gasteiger partial charge on any atom is -0.341 e. The summed E-state index contributed by atoms with van der Waals surface area (Å²) in [7, 11) is 0. The molecule has 1 aliphatic heterocycles. The maximum atomic E-state index is 12.6. The quantitative estimate of drug-likeness (QED) is 0.889. The third-order valence-electron chi connectivity index (χ3n) is 5.01. The van der Waals surface area contributed by atoms with Crippen molar-refractivity contribution in [2.75, 3.05) is 26.2 Å². The summed E-state index contributed by atoms with van der Waals surface area (Å²) in [6.07, 6.45) is 3.43. The lowest BCUT2D eigenvalue weighted by Gasteiger charge is -2.24. The molecule has 1 heterocycles. The van der Waals surface area contributed by atoms with Gasteiger partial charge in [-0.15, -0.1) is 0 Å². The van der Waals surface area contributed by atoms with Crippen molar-refractivity contribution in [3.8, 4) is 0 Å². The molecule has 0 spiro atoms. The van der Waals surface area contributed by atoms with E-state index in [0.717, 1.165) is 32.2 Å². The van der Waals surface area contributed by atoms with E-state index in [2.05, 4.69) is 0 Å². The lowest BCUT2D eigenvalue weighted by atomic mass is 10.1. The molecule has 0 radical (unpaired) electrons. The van der Waals surface area contributed by atoms with Gasteiger partial charge in [0.1, 0.15) is 0 Å². The molecule has 0 aromatic heterocycles. The summed E-state index contributed by atoms with van der Waals surface area (Å²) in [6.45, 7) is 2.57. The van der Waals surface area contributed by atoms with Gasteiger partial charge in [0.2, 0.25) is 5.91 Å². The largest absolute Gasteiger partial charge is 0.341 e. The van der Waals surface area contributed by atoms with Crippen molar-refractivity contribution < 1.29 is 9.59 Å². The average molecular weight is 350 g/mol. The van der Waals surface area contributed by atoms with Gasteiger partial charge in [0, 0.05) is 48.7 Å². The number of benzene rings is 1. The number of halogens is 1. The number of hydrogen-bond donors (Lipinski definition) is 1. The second-order valence-corrected chi connectivity index (χ2v) is 7.18. The molecule has 1 aromatic carbocycles. The number of nitrogens with two attached hydrogens (primary N) is 1. The molecule has 2 amide bonds. The zero-order chi connectivity index (χ0) is 17.1. The molecule has 3 rings (SSSR count). The van der Waals surface area contributed by atoms with Gasteiger partial charge in [-0.2, -0.15) is 0 Å². The highest BCUT2D eigenvalue weighted by Gasteiger charge is 2.32. The summed E-state index contributed by atoms with van der Waals surface area (Å²) < 4.78 is 0. The molecule has 1 saturated heterocycles. The van der Waals surface area contributed by atoms with Crippen LogP contribution in [0.3, 0.4) is 0 Å². The Bertz CT molecular complexity index is 605. The Hall–Kier alpha value is -1.59. The summed E-state index contributed by atoms with van der Waals surface area (Å²) in [4.78, 5) is 29.0. The fourth-order valence-corrected chi connectivity index (χ4v) is 3.74. The van der Waals surface area contributed by atoms with E-state index >= 15 is 0 Å². The van der Waals surface area contributed by atoms with Crippen molar-refractivity contribution in [3.05, 3.63) is 34.9 Å². The van der Waals surface area contributed by atoms with Crippen molar-refractivity contribution >= 4 is 23.4 Å². The van der Waals surface area contributed by atoms with E-state index in [-0.39, 0.29) is 23.8 Å². The molecule has 2 N–H and O–H groups in total. The molecule has 0 bridgehead atoms. The van der Waals surface area contributed by atoms with Gasteiger partial charge in [-0.05, 0) is 49.9 Å². The van der Waals surface area contributed by atoms with Crippen LogP contribution >= 0.6 is 11.6 Å². The van der Waals surface area contributed by atoms with Crippen LogP contribution in [-0.4, -0.2) is 53.8 Å². The Balaban J connectivity index is 1.59. The fourth-order valence-electron chi connectivity index (χ4n) is 3.61. The lowest BCUT2D eigenvalue weighted by molar-refractivity contribution is -0.135. The van der Waals surface area contributed by atoms with E-state index in [4.69, 9.17) is 17.3 Å². The Kier molecular flexibility index (Phi) is 5.41. The van der Waals surface area contributed by atoms with Gasteiger partial charge in [0.25, 0.3) is 5.91 Å². The SMILES string of the molecule is NC1CCC(C(=O)N2CCCN(C(=O)c3ccc(Cl)cc3)CC2)C1. The van der Waals surface area contributed by atoms with E-state index < -0.39 is 0 Å². The second-order valence-electron chi connectivity index (χ2n) is 6.75. The molecule has 24 heavy (non-hydrogen) atoms. The molecular weight excluding hydrogens is 326 g/mol. The normalized spacial score (nSPS) is 24.8. The summed E-state index contributed by atoms with van der Waals surface area (Å²) in [5.41, 5.74) is 6.57. The van der Waals surface area contributed by atoms with Crippen LogP contribution in [0.4, 0.5) is 0 Å². The first-order valence-electron chi connectivity index (χ1n) is 8.64. The van der Waals surface area contributed by atoms with Crippen molar-refractivity contribution in [2.24, 2.45) is 11.7 Å². The maximum Gasteiger partial charge on any atom is 0.253 e. The molecule has 2 fully saturated rings. The molecule has 130 valence electrons. The van der Waals surface area contributed by atoms with Gasteiger partial charge < -0.3 is 15.5 Å². The van der Waals surface area contributed by atoms with Gasteiger partial charge in [-0.25, -0.2) is 0 Å². The number of amides is 2. The Morgan fingerprint density at radius 2 is 1.67 bits per heavy atom. The van der Waals surface area contributed by atoms with Crippen LogP contribution < -0.4 is 5.73 Å². The summed E-state index contributed by atoms with van der Waals surface area (Å²) in [5.74, 6) is 0.283. The standard InChI is InChI=1S/C18H24ClN3O2/c19-15-5-2-13(3-6-15)17(23)21-8-1-9-22(11-10-21)18(24)14-4-7-16(20)12-14/h2-3,5-6,14,16H,1,4,7-12,20H2. The van der Waals surface area contributed by atoms with Crippen LogP contribution in [0.2, 0.25) is 5.02 Å². The lowest BCUT2D eigenvalue weighted by Crippen LogP contribution is -2.39. The third kappa shape index (κ3) is 3.90. The molecular formula is C18H24ClN3O2. The molecule has 5 nitrogen and oxygen atoms in total. The molecule has 6 heteroatoms. The van der Waals surface area contributed by atoms with Gasteiger partial charge in [0.15, 0.2) is 0 Å². The monoisotopic (exact) mass is 349 g/mol. The van der Waals surface area contributed by atoms with Crippen molar-refractivity contribution in [3.63, 3.8) is 0 Å². The number of carbonyl (C=O) groups excluding carboxylic acids is 2. The van der Waals surface area contributed by atoms with Crippen LogP contribution in [0.1, 0.15) is 36.0 Å². The van der Waals surface area contributed by atoms with Crippen LogP contribution in [0.5, 0.6) is 0 Å². The summed E-state index contributed by atoms with van der Waals surface area (Å²) in [6, 6.07) is 7.11. The number of carbonyl (C=O) groups is 2. The Morgan fingerprint density at radius 1 is 1.00 bits per heavy atom. The van der Waals surface area contributed by atoms with Gasteiger partial charge in [-0.3, -0.25) is 9.59 Å². The molecule has 1 saturated carbocycles. The Morgan fingerprint density at radius 3 is 2.33 bits per heavy atom. The summed E-state index contributed by atoms with van der Waals surface area (Å²) in [5, 5.41) is 0.619. The average Bonchev–Trinajstić information content (AvgIpc) is 2.87. The molecule has 1 aromatic rings. The van der Waals surface area contributed by atoms with Crippen LogP contribution in [-0.2, 0) is 4.79 Å². The van der Waals surface area contributed by atoms with Gasteiger partial charge >= 0.3 is 0 Å². The highest BCUT2D eigenvalue weighted by Crippen LogP contribution is 2.26. The first-order chi connectivity index (χ1) is 11.5. The minimum absolute atomic E-state index is 0.00357. The van der Waals surface area contributed by atoms with E-state index in [1.807, 2.05) is 9.80 Å². The van der Waals surface area contributed by atoms with Crippen molar-refractivity contribution in [2.45, 2.75) is 31.7 Å². The van der Waals surface area contributed by atoms with Crippen LogP contribution in [0, 0.1) is 5.92 Å². The Labute approximate surface area is 147 Å². The van der Waals surface area contributed by atoms with E-state index in [1.165, 1.54) is 0 Å². The van der Waals surface area contributed by atoms with Gasteiger partial charge in [0.05, 0.1) is 0 Å². The predicted molar refractivity (Wildman–Crippen MR) is 93.9 cm³/mol. The number of nitrogens with zero attached hydrogens (tertiary/aromatic N) is 2. The van der Waals surface area contributed by atoms with Crippen LogP contribution in [0.15, 0.2) is 24.3 Å². The fraction of sp³-hybridized carbons (Fsp3) is 0.556. The zero-order valence-corrected chi connectivity index (χ0v) is 14.5. The molecule has 2 aliphatic rings. The second kappa shape index (κ2) is 7.53. The number of rotatable bonds is 2. The first-order valence-corrected chi connectivity index (χ1v) is 9.01.